The van der Waals surface area contributed by atoms with E-state index in [1.54, 1.807) is 12.1 Å². The second-order valence-corrected chi connectivity index (χ2v) is 9.63. The summed E-state index contributed by atoms with van der Waals surface area (Å²) in [7, 11) is 0. The summed E-state index contributed by atoms with van der Waals surface area (Å²) in [5.41, 5.74) is 2.53. The number of benzene rings is 2. The molecule has 1 aliphatic carbocycles. The Morgan fingerprint density at radius 2 is 1.94 bits per heavy atom. The van der Waals surface area contributed by atoms with Gasteiger partial charge >= 0.3 is 0 Å². The molecule has 1 fully saturated rings. The van der Waals surface area contributed by atoms with Crippen molar-refractivity contribution < 1.29 is 9.53 Å². The lowest BCUT2D eigenvalue weighted by atomic mass is 9.90. The first-order valence-electron chi connectivity index (χ1n) is 11.6. The number of carbonyl (C=O) groups is 1. The Kier molecular flexibility index (Phi) is 6.40. The molecule has 0 spiro atoms. The van der Waals surface area contributed by atoms with Crippen LogP contribution in [-0.4, -0.2) is 20.5 Å². The Hall–Kier alpha value is -3.52. The van der Waals surface area contributed by atoms with E-state index < -0.39 is 0 Å². The number of aromatic nitrogens is 3. The molecular formula is C26H26N4O3S. The summed E-state index contributed by atoms with van der Waals surface area (Å²) in [6.07, 6.45) is 5.96. The average Bonchev–Trinajstić information content (AvgIpc) is 3.29. The average molecular weight is 475 g/mol. The molecule has 1 aliphatic rings. The molecule has 2 aromatic heterocycles. The van der Waals surface area contributed by atoms with E-state index in [4.69, 9.17) is 4.74 Å². The molecule has 0 aliphatic heterocycles. The summed E-state index contributed by atoms with van der Waals surface area (Å²) in [6.45, 7) is 2.06. The Bertz CT molecular complexity index is 1390. The van der Waals surface area contributed by atoms with E-state index in [0.29, 0.717) is 33.6 Å². The van der Waals surface area contributed by atoms with E-state index >= 15 is 0 Å². The minimum absolute atomic E-state index is 0.150. The molecule has 5 rings (SSSR count). The number of fused-ring (bicyclic) bond motifs is 1. The SMILES string of the molecule is Cc1ccccc1C(=O)Nc1cccc(OCc2cc(=O)n3nc(C4CCCCC4)sc3n2)c1. The first kappa shape index (κ1) is 22.3. The smallest absolute Gasteiger partial charge is 0.275 e. The molecule has 0 atom stereocenters. The maximum Gasteiger partial charge on any atom is 0.275 e. The van der Waals surface area contributed by atoms with Gasteiger partial charge in [0.25, 0.3) is 11.5 Å². The summed E-state index contributed by atoms with van der Waals surface area (Å²) < 4.78 is 7.30. The first-order chi connectivity index (χ1) is 16.6. The van der Waals surface area contributed by atoms with Gasteiger partial charge in [-0.1, -0.05) is 54.9 Å². The van der Waals surface area contributed by atoms with Gasteiger partial charge in [0, 0.05) is 29.3 Å². The van der Waals surface area contributed by atoms with Crippen molar-refractivity contribution in [2.45, 2.75) is 51.6 Å². The maximum absolute atomic E-state index is 12.6. The zero-order chi connectivity index (χ0) is 23.5. The quantitative estimate of drug-likeness (QED) is 0.408. The Labute approximate surface area is 201 Å². The molecule has 1 N–H and O–H groups in total. The summed E-state index contributed by atoms with van der Waals surface area (Å²) in [5, 5.41) is 8.45. The number of nitrogens with one attached hydrogen (secondary N) is 1. The fourth-order valence-electron chi connectivity index (χ4n) is 4.31. The molecular weight excluding hydrogens is 448 g/mol. The van der Waals surface area contributed by atoms with Crippen LogP contribution in [0.5, 0.6) is 5.75 Å². The Balaban J connectivity index is 1.28. The molecule has 0 radical (unpaired) electrons. The highest BCUT2D eigenvalue weighted by Crippen LogP contribution is 2.34. The van der Waals surface area contributed by atoms with E-state index in [9.17, 15) is 9.59 Å². The van der Waals surface area contributed by atoms with Gasteiger partial charge in [-0.05, 0) is 43.5 Å². The largest absolute Gasteiger partial charge is 0.487 e. The lowest BCUT2D eigenvalue weighted by Crippen LogP contribution is -2.17. The monoisotopic (exact) mass is 474 g/mol. The first-order valence-corrected chi connectivity index (χ1v) is 12.4. The van der Waals surface area contributed by atoms with Gasteiger partial charge in [-0.3, -0.25) is 9.59 Å². The van der Waals surface area contributed by atoms with Gasteiger partial charge in [-0.25, -0.2) is 4.98 Å². The highest BCUT2D eigenvalue weighted by atomic mass is 32.1. The molecule has 4 aromatic rings. The molecule has 2 aromatic carbocycles. The maximum atomic E-state index is 12.6. The molecule has 34 heavy (non-hydrogen) atoms. The number of hydrogen-bond acceptors (Lipinski definition) is 6. The van der Waals surface area contributed by atoms with Crippen molar-refractivity contribution in [3.63, 3.8) is 0 Å². The topological polar surface area (TPSA) is 85.6 Å². The molecule has 0 bridgehead atoms. The zero-order valence-electron chi connectivity index (χ0n) is 19.0. The third-order valence-electron chi connectivity index (χ3n) is 6.14. The number of ether oxygens (including phenoxy) is 1. The Morgan fingerprint density at radius 1 is 1.12 bits per heavy atom. The van der Waals surface area contributed by atoms with Crippen LogP contribution >= 0.6 is 11.3 Å². The second kappa shape index (κ2) is 9.77. The van der Waals surface area contributed by atoms with E-state index in [1.807, 2.05) is 43.3 Å². The fourth-order valence-corrected chi connectivity index (χ4v) is 5.40. The van der Waals surface area contributed by atoms with Crippen molar-refractivity contribution in [3.05, 3.63) is 86.8 Å². The molecule has 7 nitrogen and oxygen atoms in total. The number of nitrogens with zero attached hydrogens (tertiary/aromatic N) is 3. The van der Waals surface area contributed by atoms with Gasteiger partial charge < -0.3 is 10.1 Å². The number of aryl methyl sites for hydroxylation is 1. The van der Waals surface area contributed by atoms with Gasteiger partial charge in [-0.15, -0.1) is 0 Å². The van der Waals surface area contributed by atoms with Crippen LogP contribution in [0.25, 0.3) is 4.96 Å². The molecule has 8 heteroatoms. The highest BCUT2D eigenvalue weighted by molar-refractivity contribution is 7.16. The van der Waals surface area contributed by atoms with Crippen molar-refractivity contribution >= 4 is 27.9 Å². The molecule has 1 amide bonds. The zero-order valence-corrected chi connectivity index (χ0v) is 19.8. The number of rotatable bonds is 6. The number of amides is 1. The van der Waals surface area contributed by atoms with Crippen molar-refractivity contribution in [1.29, 1.82) is 0 Å². The minimum Gasteiger partial charge on any atom is -0.487 e. The predicted octanol–water partition coefficient (Wildman–Crippen LogP) is 5.34. The van der Waals surface area contributed by atoms with Crippen LogP contribution in [0.3, 0.4) is 0 Å². The highest BCUT2D eigenvalue weighted by Gasteiger charge is 2.20. The number of carbonyl (C=O) groups excluding carboxylic acids is 1. The van der Waals surface area contributed by atoms with Crippen LogP contribution < -0.4 is 15.6 Å². The van der Waals surface area contributed by atoms with Crippen LogP contribution in [0.1, 0.15) is 64.6 Å². The van der Waals surface area contributed by atoms with Gasteiger partial charge in [0.15, 0.2) is 0 Å². The molecule has 0 unspecified atom stereocenters. The second-order valence-electron chi connectivity index (χ2n) is 8.64. The molecule has 1 saturated carbocycles. The van der Waals surface area contributed by atoms with E-state index in [0.717, 1.165) is 23.4 Å². The number of hydrogen-bond donors (Lipinski definition) is 1. The summed E-state index contributed by atoms with van der Waals surface area (Å²) >= 11 is 1.50. The van der Waals surface area contributed by atoms with Crippen LogP contribution in [0.4, 0.5) is 5.69 Å². The van der Waals surface area contributed by atoms with Gasteiger partial charge in [0.2, 0.25) is 4.96 Å². The molecule has 0 saturated heterocycles. The van der Waals surface area contributed by atoms with Crippen LogP contribution in [0.15, 0.2) is 59.4 Å². The standard InChI is InChI=1S/C26H26N4O3S/c1-17-8-5-6-13-22(17)24(32)27-19-11-7-12-21(14-19)33-16-20-15-23(31)30-26(28-20)34-25(29-30)18-9-3-2-4-10-18/h5-8,11-15,18H,2-4,9-10,16H2,1H3,(H,27,32). The van der Waals surface area contributed by atoms with Gasteiger partial charge in [0.05, 0.1) is 5.69 Å². The Morgan fingerprint density at radius 3 is 2.76 bits per heavy atom. The molecule has 2 heterocycles. The van der Waals surface area contributed by atoms with Crippen molar-refractivity contribution in [1.82, 2.24) is 14.6 Å². The van der Waals surface area contributed by atoms with Crippen molar-refractivity contribution in [3.8, 4) is 5.75 Å². The third kappa shape index (κ3) is 4.87. The summed E-state index contributed by atoms with van der Waals surface area (Å²) in [5.74, 6) is 0.836. The minimum atomic E-state index is -0.193. The summed E-state index contributed by atoms with van der Waals surface area (Å²) in [4.78, 5) is 30.4. The van der Waals surface area contributed by atoms with Crippen molar-refractivity contribution in [2.24, 2.45) is 0 Å². The lowest BCUT2D eigenvalue weighted by molar-refractivity contribution is 0.102. The number of anilines is 1. The van der Waals surface area contributed by atoms with E-state index in [-0.39, 0.29) is 18.1 Å². The van der Waals surface area contributed by atoms with E-state index in [2.05, 4.69) is 15.4 Å². The predicted molar refractivity (Wildman–Crippen MR) is 133 cm³/mol. The fraction of sp³-hybridized carbons (Fsp3) is 0.308. The van der Waals surface area contributed by atoms with Gasteiger partial charge in [0.1, 0.15) is 17.4 Å². The van der Waals surface area contributed by atoms with Crippen LogP contribution in [0, 0.1) is 6.92 Å². The van der Waals surface area contributed by atoms with Crippen molar-refractivity contribution in [2.75, 3.05) is 5.32 Å². The van der Waals surface area contributed by atoms with E-state index in [1.165, 1.54) is 41.2 Å². The summed E-state index contributed by atoms with van der Waals surface area (Å²) in [6, 6.07) is 16.1. The van der Waals surface area contributed by atoms with Crippen LogP contribution in [0.2, 0.25) is 0 Å². The van der Waals surface area contributed by atoms with Gasteiger partial charge in [-0.2, -0.15) is 9.61 Å². The molecule has 174 valence electrons. The third-order valence-corrected chi connectivity index (χ3v) is 7.21. The van der Waals surface area contributed by atoms with Crippen LogP contribution in [-0.2, 0) is 6.61 Å². The normalized spacial score (nSPS) is 14.3. The lowest BCUT2D eigenvalue weighted by Gasteiger charge is -2.18.